The van der Waals surface area contributed by atoms with Gasteiger partial charge in [0, 0.05) is 26.2 Å². The van der Waals surface area contributed by atoms with E-state index in [9.17, 15) is 8.42 Å². The van der Waals surface area contributed by atoms with Gasteiger partial charge in [-0.15, -0.1) is 0 Å². The molecule has 116 valence electrons. The second-order valence-electron chi connectivity index (χ2n) is 5.51. The van der Waals surface area contributed by atoms with Gasteiger partial charge in [-0.1, -0.05) is 18.5 Å². The summed E-state index contributed by atoms with van der Waals surface area (Å²) in [5.41, 5.74) is 5.74. The van der Waals surface area contributed by atoms with Crippen LogP contribution in [0.15, 0.2) is 5.16 Å². The van der Waals surface area contributed by atoms with E-state index >= 15 is 0 Å². The van der Waals surface area contributed by atoms with Crippen molar-refractivity contribution in [3.8, 4) is 0 Å². The third-order valence-corrected chi connectivity index (χ3v) is 6.44. The zero-order chi connectivity index (χ0) is 14.8. The Morgan fingerprint density at radius 2 is 1.95 bits per heavy atom. The summed E-state index contributed by atoms with van der Waals surface area (Å²) in [6.45, 7) is 4.31. The van der Waals surface area contributed by atoms with Gasteiger partial charge in [0.1, 0.15) is 0 Å². The summed E-state index contributed by atoms with van der Waals surface area (Å²) in [4.78, 5) is 2.11. The lowest BCUT2D eigenvalue weighted by molar-refractivity contribution is 0.158. The first kappa shape index (κ1) is 15.5. The van der Waals surface area contributed by atoms with Crippen LogP contribution < -0.4 is 5.73 Å². The molecule has 0 aromatic heterocycles. The first-order chi connectivity index (χ1) is 9.50. The molecule has 1 saturated carbocycles. The van der Waals surface area contributed by atoms with Crippen molar-refractivity contribution < 1.29 is 13.6 Å². The first-order valence-electron chi connectivity index (χ1n) is 7.21. The predicted molar refractivity (Wildman–Crippen MR) is 77.2 cm³/mol. The fourth-order valence-electron chi connectivity index (χ4n) is 2.70. The van der Waals surface area contributed by atoms with Crippen molar-refractivity contribution in [1.82, 2.24) is 9.21 Å². The highest BCUT2D eigenvalue weighted by atomic mass is 32.2. The average molecular weight is 304 g/mol. The zero-order valence-corrected chi connectivity index (χ0v) is 12.7. The lowest BCUT2D eigenvalue weighted by Gasteiger charge is -2.38. The van der Waals surface area contributed by atoms with Crippen molar-refractivity contribution in [3.63, 3.8) is 0 Å². The number of sulfonamides is 1. The number of oxime groups is 1. The Kier molecular flexibility index (Phi) is 4.87. The molecule has 1 unspecified atom stereocenters. The van der Waals surface area contributed by atoms with E-state index in [4.69, 9.17) is 10.9 Å². The molecular weight excluding hydrogens is 280 g/mol. The van der Waals surface area contributed by atoms with Crippen molar-refractivity contribution >= 4 is 15.9 Å². The number of nitrogens with zero attached hydrogens (tertiary/aromatic N) is 3. The van der Waals surface area contributed by atoms with Gasteiger partial charge in [-0.05, 0) is 19.3 Å². The van der Waals surface area contributed by atoms with Crippen molar-refractivity contribution in [3.05, 3.63) is 0 Å². The summed E-state index contributed by atoms with van der Waals surface area (Å²) in [5, 5.41) is 11.8. The second kappa shape index (κ2) is 6.28. The summed E-state index contributed by atoms with van der Waals surface area (Å²) in [6, 6.07) is -0.101. The van der Waals surface area contributed by atoms with Crippen LogP contribution in [0, 0.1) is 0 Å². The SMILES string of the molecule is CCCC(C(N)=NO)N1CCN(S(=O)(=O)C2CC2)CC1. The standard InChI is InChI=1S/C12H24N4O3S/c1-2-3-11(12(13)14-17)15-6-8-16(9-7-15)20(18,19)10-4-5-10/h10-11,17H,2-9H2,1H3,(H2,13,14). The topological polar surface area (TPSA) is 99.2 Å². The number of nitrogens with two attached hydrogens (primary N) is 1. The Balaban J connectivity index is 1.95. The quantitative estimate of drug-likeness (QED) is 0.312. The van der Waals surface area contributed by atoms with E-state index < -0.39 is 10.0 Å². The number of piperazine rings is 1. The van der Waals surface area contributed by atoms with Gasteiger partial charge >= 0.3 is 0 Å². The molecule has 20 heavy (non-hydrogen) atoms. The minimum absolute atomic E-state index is 0.101. The molecule has 2 rings (SSSR count). The molecule has 0 spiro atoms. The Labute approximate surface area is 120 Å². The monoisotopic (exact) mass is 304 g/mol. The second-order valence-corrected chi connectivity index (χ2v) is 7.72. The first-order valence-corrected chi connectivity index (χ1v) is 8.71. The van der Waals surface area contributed by atoms with Crippen molar-refractivity contribution in [2.45, 2.75) is 43.9 Å². The minimum atomic E-state index is -3.08. The van der Waals surface area contributed by atoms with Gasteiger partial charge in [-0.25, -0.2) is 8.42 Å². The predicted octanol–water partition coefficient (Wildman–Crippen LogP) is 0.0113. The number of hydrogen-bond acceptors (Lipinski definition) is 5. The molecule has 7 nitrogen and oxygen atoms in total. The van der Waals surface area contributed by atoms with Crippen LogP contribution in [0.3, 0.4) is 0 Å². The molecule has 0 bridgehead atoms. The molecule has 0 aromatic rings. The summed E-state index contributed by atoms with van der Waals surface area (Å²) in [5.74, 6) is 0.213. The number of amidine groups is 1. The van der Waals surface area contributed by atoms with Crippen LogP contribution in [0.4, 0.5) is 0 Å². The normalized spacial score (nSPS) is 24.8. The van der Waals surface area contributed by atoms with Gasteiger partial charge in [-0.3, -0.25) is 4.90 Å². The van der Waals surface area contributed by atoms with Gasteiger partial charge in [-0.2, -0.15) is 4.31 Å². The van der Waals surface area contributed by atoms with Crippen molar-refractivity contribution in [2.24, 2.45) is 10.9 Å². The van der Waals surface area contributed by atoms with Crippen LogP contribution in [0.5, 0.6) is 0 Å². The van der Waals surface area contributed by atoms with Gasteiger partial charge < -0.3 is 10.9 Å². The number of rotatable bonds is 6. The van der Waals surface area contributed by atoms with E-state index in [-0.39, 0.29) is 17.1 Å². The molecule has 2 aliphatic rings. The van der Waals surface area contributed by atoms with Gasteiger partial charge in [0.05, 0.1) is 11.3 Å². The Morgan fingerprint density at radius 3 is 2.40 bits per heavy atom. The Bertz CT molecular complexity index is 453. The molecule has 8 heteroatoms. The van der Waals surface area contributed by atoms with Crippen LogP contribution in [-0.2, 0) is 10.0 Å². The smallest absolute Gasteiger partial charge is 0.217 e. The van der Waals surface area contributed by atoms with Crippen LogP contribution in [0.1, 0.15) is 32.6 Å². The van der Waals surface area contributed by atoms with E-state index in [2.05, 4.69) is 10.1 Å². The van der Waals surface area contributed by atoms with Crippen molar-refractivity contribution in [2.75, 3.05) is 26.2 Å². The van der Waals surface area contributed by atoms with Gasteiger partial charge in [0.15, 0.2) is 5.84 Å². The largest absolute Gasteiger partial charge is 0.409 e. The number of hydrogen-bond donors (Lipinski definition) is 2. The van der Waals surface area contributed by atoms with Crippen LogP contribution >= 0.6 is 0 Å². The van der Waals surface area contributed by atoms with Gasteiger partial charge in [0.2, 0.25) is 10.0 Å². The molecule has 0 radical (unpaired) electrons. The zero-order valence-electron chi connectivity index (χ0n) is 11.9. The highest BCUT2D eigenvalue weighted by Gasteiger charge is 2.41. The van der Waals surface area contributed by atoms with E-state index in [1.807, 2.05) is 6.92 Å². The van der Waals surface area contributed by atoms with Crippen LogP contribution in [0.2, 0.25) is 0 Å². The van der Waals surface area contributed by atoms with E-state index in [1.165, 1.54) is 0 Å². The minimum Gasteiger partial charge on any atom is -0.409 e. The Morgan fingerprint density at radius 1 is 1.35 bits per heavy atom. The summed E-state index contributed by atoms with van der Waals surface area (Å²) in [6.07, 6.45) is 3.34. The molecule has 0 amide bonds. The highest BCUT2D eigenvalue weighted by molar-refractivity contribution is 7.90. The lowest BCUT2D eigenvalue weighted by atomic mass is 10.1. The molecule has 1 aliphatic heterocycles. The maximum absolute atomic E-state index is 12.2. The summed E-state index contributed by atoms with van der Waals surface area (Å²) >= 11 is 0. The molecule has 1 heterocycles. The molecule has 1 saturated heterocycles. The third-order valence-electron chi connectivity index (χ3n) is 4.04. The summed E-state index contributed by atoms with van der Waals surface area (Å²) in [7, 11) is -3.08. The van der Waals surface area contributed by atoms with E-state index in [0.29, 0.717) is 26.2 Å². The fraction of sp³-hybridized carbons (Fsp3) is 0.917. The molecule has 0 aromatic carbocycles. The van der Waals surface area contributed by atoms with E-state index in [1.54, 1.807) is 4.31 Å². The lowest BCUT2D eigenvalue weighted by Crippen LogP contribution is -2.55. The molecule has 2 fully saturated rings. The average Bonchev–Trinajstić information content (AvgIpc) is 3.29. The third kappa shape index (κ3) is 3.24. The van der Waals surface area contributed by atoms with Crippen molar-refractivity contribution in [1.29, 1.82) is 0 Å². The summed E-state index contributed by atoms with van der Waals surface area (Å²) < 4.78 is 25.9. The highest BCUT2D eigenvalue weighted by Crippen LogP contribution is 2.31. The molecule has 1 atom stereocenters. The fourth-order valence-corrected chi connectivity index (χ4v) is 4.53. The van der Waals surface area contributed by atoms with Crippen LogP contribution in [0.25, 0.3) is 0 Å². The van der Waals surface area contributed by atoms with Crippen LogP contribution in [-0.4, -0.2) is 66.1 Å². The Hall–Kier alpha value is -0.860. The van der Waals surface area contributed by atoms with E-state index in [0.717, 1.165) is 25.7 Å². The molecule has 1 aliphatic carbocycles. The van der Waals surface area contributed by atoms with Gasteiger partial charge in [0.25, 0.3) is 0 Å². The molecule has 3 N–H and O–H groups in total. The maximum atomic E-state index is 12.2. The molecular formula is C12H24N4O3S. The maximum Gasteiger partial charge on any atom is 0.217 e.